The Morgan fingerprint density at radius 3 is 2.17 bits per heavy atom. The monoisotopic (exact) mass is 470 g/mol. The third kappa shape index (κ3) is 6.19. The molecule has 0 aromatic heterocycles. The van der Waals surface area contributed by atoms with Gasteiger partial charge in [0.2, 0.25) is 0 Å². The molecule has 0 amide bonds. The molecule has 1 aromatic rings. The predicted molar refractivity (Wildman–Crippen MR) is 87.5 cm³/mol. The van der Waals surface area contributed by atoms with Crippen LogP contribution in [-0.2, 0) is 14.3 Å². The summed E-state index contributed by atoms with van der Waals surface area (Å²) >= 11 is 5.81. The molecule has 0 heterocycles. The maximum absolute atomic E-state index is 13.3. The van der Waals surface area contributed by atoms with Gasteiger partial charge in [0.05, 0.1) is 5.02 Å². The van der Waals surface area contributed by atoms with Crippen molar-refractivity contribution in [3.8, 4) is 5.75 Å². The second-order valence-corrected chi connectivity index (χ2v) is 6.53. The number of benzene rings is 1. The molecular weight excluding hydrogens is 456 g/mol. The molecule has 30 heavy (non-hydrogen) atoms. The lowest BCUT2D eigenvalue weighted by molar-refractivity contribution is -0.344. The van der Waals surface area contributed by atoms with E-state index in [1.165, 1.54) is 12.1 Å². The molecule has 1 aromatic carbocycles. The van der Waals surface area contributed by atoms with Gasteiger partial charge in [-0.15, -0.1) is 0 Å². The first kappa shape index (κ1) is 25.9. The van der Waals surface area contributed by atoms with E-state index in [-0.39, 0.29) is 17.2 Å². The highest BCUT2D eigenvalue weighted by atomic mass is 35.5. The van der Waals surface area contributed by atoms with Crippen molar-refractivity contribution in [3.05, 3.63) is 28.8 Å². The van der Waals surface area contributed by atoms with Gasteiger partial charge >= 0.3 is 36.1 Å². The lowest BCUT2D eigenvalue weighted by atomic mass is 10.1. The third-order valence-electron chi connectivity index (χ3n) is 3.64. The van der Waals surface area contributed by atoms with Crippen molar-refractivity contribution < 1.29 is 54.2 Å². The first-order chi connectivity index (χ1) is 13.6. The van der Waals surface area contributed by atoms with Gasteiger partial charge in [-0.05, 0) is 31.0 Å². The van der Waals surface area contributed by atoms with Crippen molar-refractivity contribution in [2.24, 2.45) is 0 Å². The van der Waals surface area contributed by atoms with E-state index in [4.69, 9.17) is 16.3 Å². The van der Waals surface area contributed by atoms with Crippen LogP contribution in [0.5, 0.6) is 5.75 Å². The van der Waals surface area contributed by atoms with Gasteiger partial charge in [-0.25, -0.2) is 8.78 Å². The highest BCUT2D eigenvalue weighted by Crippen LogP contribution is 2.48. The zero-order chi connectivity index (χ0) is 23.3. The second kappa shape index (κ2) is 9.80. The zero-order valence-electron chi connectivity index (χ0n) is 15.2. The Bertz CT molecular complexity index is 770. The van der Waals surface area contributed by atoms with Gasteiger partial charge in [0.15, 0.2) is 6.61 Å². The normalized spacial score (nSPS) is 12.8. The van der Waals surface area contributed by atoms with Gasteiger partial charge in [-0.2, -0.15) is 26.3 Å². The first-order valence-corrected chi connectivity index (χ1v) is 8.53. The highest BCUT2D eigenvalue weighted by molar-refractivity contribution is 6.32. The van der Waals surface area contributed by atoms with Gasteiger partial charge in [-0.1, -0.05) is 17.7 Å². The van der Waals surface area contributed by atoms with Crippen LogP contribution in [0.25, 0.3) is 0 Å². The van der Waals surface area contributed by atoms with E-state index in [2.05, 4.69) is 4.74 Å². The van der Waals surface area contributed by atoms with Crippen molar-refractivity contribution in [2.75, 3.05) is 6.61 Å². The van der Waals surface area contributed by atoms with Crippen LogP contribution in [0, 0.1) is 6.92 Å². The SMILES string of the molecule is Cc1ccc(Cl)c(OC(=O)CCCC(=O)OCC(F)(F)C(F)(F)C(F)(F)C(F)F)c1. The molecule has 4 nitrogen and oxygen atoms in total. The summed E-state index contributed by atoms with van der Waals surface area (Å²) in [6, 6.07) is 4.56. The minimum Gasteiger partial charge on any atom is -0.459 e. The fraction of sp³-hybridized carbons (Fsp3) is 0.529. The maximum atomic E-state index is 13.3. The third-order valence-corrected chi connectivity index (χ3v) is 3.95. The molecule has 0 aliphatic rings. The van der Waals surface area contributed by atoms with Gasteiger partial charge in [0.25, 0.3) is 0 Å². The number of halogens is 9. The van der Waals surface area contributed by atoms with E-state index in [9.17, 15) is 44.7 Å². The predicted octanol–water partition coefficient (Wildman–Crippen LogP) is 5.44. The number of carbonyl (C=O) groups excluding carboxylic acids is 2. The quantitative estimate of drug-likeness (QED) is 0.260. The van der Waals surface area contributed by atoms with Gasteiger partial charge < -0.3 is 9.47 Å². The number of ether oxygens (including phenoxy) is 2. The largest absolute Gasteiger partial charge is 0.459 e. The Labute approximate surface area is 170 Å². The fourth-order valence-electron chi connectivity index (χ4n) is 1.95. The molecule has 0 saturated heterocycles. The minimum absolute atomic E-state index is 0.0334. The van der Waals surface area contributed by atoms with Crippen LogP contribution in [0.4, 0.5) is 35.1 Å². The molecule has 0 unspecified atom stereocenters. The summed E-state index contributed by atoms with van der Waals surface area (Å²) in [6.45, 7) is -0.857. The summed E-state index contributed by atoms with van der Waals surface area (Å²) in [7, 11) is 0. The molecule has 0 radical (unpaired) electrons. The standard InChI is InChI=1S/C17H15ClF8O4/c1-9-5-6-10(18)11(7-9)30-13(28)4-2-3-12(27)29-8-15(21,22)17(25,26)16(23,24)14(19)20/h5-7,14H,2-4,8H2,1H3. The number of carbonyl (C=O) groups is 2. The molecule has 0 spiro atoms. The summed E-state index contributed by atoms with van der Waals surface area (Å²) < 4.78 is 111. The lowest BCUT2D eigenvalue weighted by Crippen LogP contribution is -2.59. The lowest BCUT2D eigenvalue weighted by Gasteiger charge is -2.31. The van der Waals surface area contributed by atoms with Gasteiger partial charge in [0.1, 0.15) is 5.75 Å². The maximum Gasteiger partial charge on any atom is 0.381 e. The van der Waals surface area contributed by atoms with Crippen molar-refractivity contribution in [1.29, 1.82) is 0 Å². The Kier molecular flexibility index (Phi) is 8.47. The van der Waals surface area contributed by atoms with Crippen molar-refractivity contribution in [1.82, 2.24) is 0 Å². The van der Waals surface area contributed by atoms with Crippen LogP contribution >= 0.6 is 11.6 Å². The minimum atomic E-state index is -6.47. The Morgan fingerprint density at radius 2 is 1.60 bits per heavy atom. The number of aryl methyl sites for hydroxylation is 1. The summed E-state index contributed by atoms with van der Waals surface area (Å²) in [5.41, 5.74) is 0.723. The van der Waals surface area contributed by atoms with E-state index >= 15 is 0 Å². The fourth-order valence-corrected chi connectivity index (χ4v) is 2.11. The average molecular weight is 471 g/mol. The molecule has 0 saturated carbocycles. The molecule has 0 atom stereocenters. The molecule has 1 rings (SSSR count). The molecule has 0 N–H and O–H groups in total. The summed E-state index contributed by atoms with van der Waals surface area (Å²) in [4.78, 5) is 23.0. The van der Waals surface area contributed by atoms with Crippen LogP contribution in [0.1, 0.15) is 24.8 Å². The highest BCUT2D eigenvalue weighted by Gasteiger charge is 2.75. The van der Waals surface area contributed by atoms with E-state index < -0.39 is 55.6 Å². The number of rotatable bonds is 10. The summed E-state index contributed by atoms with van der Waals surface area (Å²) in [5, 5.41) is 0.122. The van der Waals surface area contributed by atoms with Crippen LogP contribution in [0.2, 0.25) is 5.02 Å². The second-order valence-electron chi connectivity index (χ2n) is 6.12. The smallest absolute Gasteiger partial charge is 0.381 e. The van der Waals surface area contributed by atoms with Crippen LogP contribution in [-0.4, -0.2) is 42.7 Å². The molecule has 0 aliphatic carbocycles. The topological polar surface area (TPSA) is 52.6 Å². The van der Waals surface area contributed by atoms with Crippen molar-refractivity contribution in [3.63, 3.8) is 0 Å². The molecular formula is C17H15ClF8O4. The van der Waals surface area contributed by atoms with E-state index in [0.29, 0.717) is 0 Å². The van der Waals surface area contributed by atoms with Crippen molar-refractivity contribution >= 4 is 23.5 Å². The zero-order valence-corrected chi connectivity index (χ0v) is 15.9. The summed E-state index contributed by atoms with van der Waals surface area (Å²) in [5.74, 6) is -20.9. The molecule has 0 fully saturated rings. The molecule has 0 bridgehead atoms. The Morgan fingerprint density at radius 1 is 1.03 bits per heavy atom. The van der Waals surface area contributed by atoms with E-state index in [1.807, 2.05) is 0 Å². The first-order valence-electron chi connectivity index (χ1n) is 8.16. The van der Waals surface area contributed by atoms with E-state index in [1.54, 1.807) is 13.0 Å². The van der Waals surface area contributed by atoms with Gasteiger partial charge in [0, 0.05) is 12.8 Å². The van der Waals surface area contributed by atoms with Gasteiger partial charge in [-0.3, -0.25) is 9.59 Å². The molecule has 170 valence electrons. The average Bonchev–Trinajstić information content (AvgIpc) is 2.62. The molecule has 0 aliphatic heterocycles. The summed E-state index contributed by atoms with van der Waals surface area (Å²) in [6.07, 6.45) is -6.54. The Hall–Kier alpha value is -2.11. The number of hydrogen-bond acceptors (Lipinski definition) is 4. The number of alkyl halides is 8. The molecule has 13 heteroatoms. The van der Waals surface area contributed by atoms with Crippen LogP contribution in [0.15, 0.2) is 18.2 Å². The van der Waals surface area contributed by atoms with E-state index in [0.717, 1.165) is 5.56 Å². The number of esters is 2. The van der Waals surface area contributed by atoms with Crippen molar-refractivity contribution in [2.45, 2.75) is 50.4 Å². The Balaban J connectivity index is 2.51. The van der Waals surface area contributed by atoms with Crippen LogP contribution < -0.4 is 4.74 Å². The van der Waals surface area contributed by atoms with Crippen LogP contribution in [0.3, 0.4) is 0 Å². The number of hydrogen-bond donors (Lipinski definition) is 0.